The molecule has 0 spiro atoms. The molecular formula is C11H9F5OS. The Balaban J connectivity index is 1.84. The smallest absolute Gasteiger partial charge is 0.306 e. The highest BCUT2D eigenvalue weighted by Gasteiger charge is 2.46. The summed E-state index contributed by atoms with van der Waals surface area (Å²) < 4.78 is 66.8. The molecule has 0 amide bonds. The fraction of sp³-hybridized carbons (Fsp3) is 0.455. The van der Waals surface area contributed by atoms with Crippen LogP contribution >= 0.6 is 12.0 Å². The molecule has 1 aliphatic rings. The van der Waals surface area contributed by atoms with Gasteiger partial charge in [0.15, 0.2) is 0 Å². The topological polar surface area (TPSA) is 9.23 Å². The summed E-state index contributed by atoms with van der Waals surface area (Å²) in [4.78, 5) is 0.457. The van der Waals surface area contributed by atoms with Crippen LogP contribution in [0.25, 0.3) is 0 Å². The monoisotopic (exact) mass is 284 g/mol. The van der Waals surface area contributed by atoms with Crippen LogP contribution in [0.3, 0.4) is 0 Å². The standard InChI is InChI=1S/C11H9F5OS/c12-10(13)5-8(6-10)17-18-9-3-1-7(2-4-9)11(14,15)16/h1-4,8H,5-6H2. The zero-order valence-corrected chi connectivity index (χ0v) is 9.82. The van der Waals surface area contributed by atoms with E-state index >= 15 is 0 Å². The Morgan fingerprint density at radius 1 is 1.11 bits per heavy atom. The third-order valence-electron chi connectivity index (χ3n) is 2.51. The van der Waals surface area contributed by atoms with E-state index in [-0.39, 0.29) is 12.8 Å². The van der Waals surface area contributed by atoms with Crippen LogP contribution < -0.4 is 0 Å². The van der Waals surface area contributed by atoms with Gasteiger partial charge in [-0.25, -0.2) is 8.78 Å². The molecule has 0 saturated heterocycles. The summed E-state index contributed by atoms with van der Waals surface area (Å²) in [7, 11) is 0. The number of benzene rings is 1. The fourth-order valence-corrected chi connectivity index (χ4v) is 2.13. The maximum absolute atomic E-state index is 12.5. The van der Waals surface area contributed by atoms with E-state index in [0.29, 0.717) is 4.90 Å². The molecule has 0 aromatic heterocycles. The van der Waals surface area contributed by atoms with E-state index in [9.17, 15) is 22.0 Å². The minimum atomic E-state index is -4.37. The van der Waals surface area contributed by atoms with Gasteiger partial charge in [-0.2, -0.15) is 13.2 Å². The lowest BCUT2D eigenvalue weighted by molar-refractivity contribution is -0.137. The molecule has 0 aliphatic heterocycles. The normalized spacial score (nSPS) is 19.6. The first-order valence-electron chi connectivity index (χ1n) is 5.15. The van der Waals surface area contributed by atoms with Gasteiger partial charge in [-0.1, -0.05) is 0 Å². The molecule has 2 rings (SSSR count). The number of rotatable bonds is 3. The Kier molecular flexibility index (Phi) is 3.55. The molecule has 1 aliphatic carbocycles. The third-order valence-corrected chi connectivity index (χ3v) is 3.35. The van der Waals surface area contributed by atoms with Crippen molar-refractivity contribution in [1.29, 1.82) is 0 Å². The van der Waals surface area contributed by atoms with Crippen LogP contribution in [0.5, 0.6) is 0 Å². The predicted octanol–water partition coefficient (Wildman–Crippen LogP) is 4.53. The van der Waals surface area contributed by atoms with Gasteiger partial charge in [0.1, 0.15) is 0 Å². The highest BCUT2D eigenvalue weighted by atomic mass is 32.2. The minimum Gasteiger partial charge on any atom is -0.306 e. The van der Waals surface area contributed by atoms with Crippen molar-refractivity contribution in [2.24, 2.45) is 0 Å². The molecule has 1 saturated carbocycles. The lowest BCUT2D eigenvalue weighted by Gasteiger charge is -2.33. The molecule has 18 heavy (non-hydrogen) atoms. The van der Waals surface area contributed by atoms with Crippen molar-refractivity contribution in [3.63, 3.8) is 0 Å². The van der Waals surface area contributed by atoms with Crippen molar-refractivity contribution in [3.05, 3.63) is 29.8 Å². The highest BCUT2D eigenvalue weighted by molar-refractivity contribution is 7.94. The number of halogens is 5. The molecule has 0 unspecified atom stereocenters. The molecule has 7 heteroatoms. The lowest BCUT2D eigenvalue weighted by atomic mass is 9.91. The summed E-state index contributed by atoms with van der Waals surface area (Å²) in [5, 5.41) is 0. The Morgan fingerprint density at radius 2 is 1.67 bits per heavy atom. The van der Waals surface area contributed by atoms with Crippen LogP contribution in [0.1, 0.15) is 18.4 Å². The molecule has 0 atom stereocenters. The van der Waals surface area contributed by atoms with Gasteiger partial charge in [-0.3, -0.25) is 0 Å². The van der Waals surface area contributed by atoms with E-state index in [4.69, 9.17) is 4.18 Å². The first-order chi connectivity index (χ1) is 8.26. The summed E-state index contributed by atoms with van der Waals surface area (Å²) >= 11 is 0.824. The Morgan fingerprint density at radius 3 is 2.11 bits per heavy atom. The zero-order chi connectivity index (χ0) is 13.4. The van der Waals surface area contributed by atoms with Crippen molar-refractivity contribution in [3.8, 4) is 0 Å². The third kappa shape index (κ3) is 3.35. The quantitative estimate of drug-likeness (QED) is 0.596. The van der Waals surface area contributed by atoms with Gasteiger partial charge in [-0.15, -0.1) is 0 Å². The molecule has 1 aromatic rings. The SMILES string of the molecule is FC1(F)CC(OSc2ccc(C(F)(F)F)cc2)C1. The van der Waals surface area contributed by atoms with E-state index < -0.39 is 23.8 Å². The summed E-state index contributed by atoms with van der Waals surface area (Å²) in [5.74, 6) is -2.66. The van der Waals surface area contributed by atoms with Crippen LogP contribution in [0, 0.1) is 0 Å². The molecule has 0 heterocycles. The largest absolute Gasteiger partial charge is 0.416 e. The zero-order valence-electron chi connectivity index (χ0n) is 9.01. The molecule has 0 radical (unpaired) electrons. The van der Waals surface area contributed by atoms with E-state index in [2.05, 4.69) is 0 Å². The first kappa shape index (κ1) is 13.6. The van der Waals surface area contributed by atoms with Gasteiger partial charge in [0.05, 0.1) is 11.7 Å². The lowest BCUT2D eigenvalue weighted by Crippen LogP contribution is -2.40. The van der Waals surface area contributed by atoms with Crippen molar-refractivity contribution in [2.75, 3.05) is 0 Å². The van der Waals surface area contributed by atoms with Crippen molar-refractivity contribution < 1.29 is 26.1 Å². The van der Waals surface area contributed by atoms with Crippen LogP contribution in [-0.2, 0) is 10.4 Å². The molecule has 1 fully saturated rings. The second-order valence-corrected chi connectivity index (χ2v) is 4.92. The van der Waals surface area contributed by atoms with Gasteiger partial charge >= 0.3 is 6.18 Å². The Bertz CT molecular complexity index is 406. The maximum atomic E-state index is 12.5. The molecule has 0 N–H and O–H groups in total. The molecule has 0 bridgehead atoms. The van der Waals surface area contributed by atoms with E-state index in [1.54, 1.807) is 0 Å². The predicted molar refractivity (Wildman–Crippen MR) is 56.4 cm³/mol. The van der Waals surface area contributed by atoms with E-state index in [1.165, 1.54) is 12.1 Å². The minimum absolute atomic E-state index is 0.333. The Labute approximate surface area is 105 Å². The number of hydrogen-bond acceptors (Lipinski definition) is 2. The molecular weight excluding hydrogens is 275 g/mol. The first-order valence-corrected chi connectivity index (χ1v) is 5.89. The molecule has 1 nitrogen and oxygen atoms in total. The number of alkyl halides is 5. The molecule has 1 aromatic carbocycles. The summed E-state index contributed by atoms with van der Waals surface area (Å²) in [6.45, 7) is 0. The van der Waals surface area contributed by atoms with Crippen LogP contribution in [0.15, 0.2) is 29.2 Å². The van der Waals surface area contributed by atoms with Gasteiger partial charge in [0.25, 0.3) is 5.92 Å². The average molecular weight is 284 g/mol. The van der Waals surface area contributed by atoms with Crippen LogP contribution in [0.2, 0.25) is 0 Å². The number of hydrogen-bond donors (Lipinski definition) is 0. The molecule has 100 valence electrons. The van der Waals surface area contributed by atoms with Gasteiger partial charge in [0, 0.05) is 29.8 Å². The second kappa shape index (κ2) is 4.70. The average Bonchev–Trinajstić information content (AvgIpc) is 2.22. The van der Waals surface area contributed by atoms with Gasteiger partial charge in [0.2, 0.25) is 0 Å². The van der Waals surface area contributed by atoms with Crippen molar-refractivity contribution in [1.82, 2.24) is 0 Å². The summed E-state index contributed by atoms with van der Waals surface area (Å²) in [6.07, 6.45) is -5.58. The van der Waals surface area contributed by atoms with Crippen molar-refractivity contribution in [2.45, 2.75) is 35.9 Å². The fourth-order valence-electron chi connectivity index (χ4n) is 1.50. The second-order valence-electron chi connectivity index (χ2n) is 4.09. The maximum Gasteiger partial charge on any atom is 0.416 e. The summed E-state index contributed by atoms with van der Waals surface area (Å²) in [6, 6.07) is 4.37. The van der Waals surface area contributed by atoms with Crippen LogP contribution in [0.4, 0.5) is 22.0 Å². The highest BCUT2D eigenvalue weighted by Crippen LogP contribution is 2.42. The van der Waals surface area contributed by atoms with E-state index in [0.717, 1.165) is 24.2 Å². The van der Waals surface area contributed by atoms with Crippen molar-refractivity contribution >= 4 is 12.0 Å². The van der Waals surface area contributed by atoms with Gasteiger partial charge < -0.3 is 4.18 Å². The summed E-state index contributed by atoms with van der Waals surface area (Å²) in [5.41, 5.74) is -0.748. The Hall–Kier alpha value is -0.820. The van der Waals surface area contributed by atoms with E-state index in [1.807, 2.05) is 0 Å². The van der Waals surface area contributed by atoms with Crippen LogP contribution in [-0.4, -0.2) is 12.0 Å². The van der Waals surface area contributed by atoms with Gasteiger partial charge in [-0.05, 0) is 24.3 Å².